The summed E-state index contributed by atoms with van der Waals surface area (Å²) in [6.45, 7) is 2.59. The summed E-state index contributed by atoms with van der Waals surface area (Å²) in [7, 11) is 1.90. The van der Waals surface area contributed by atoms with E-state index in [0.717, 1.165) is 11.1 Å². The second kappa shape index (κ2) is 5.50. The predicted octanol–water partition coefficient (Wildman–Crippen LogP) is 3.00. The summed E-state index contributed by atoms with van der Waals surface area (Å²) in [5.41, 5.74) is 1.94. The highest BCUT2D eigenvalue weighted by molar-refractivity contribution is 6.30. The molecule has 0 saturated carbocycles. The third-order valence-electron chi connectivity index (χ3n) is 2.91. The molecule has 0 aliphatic carbocycles. The molecule has 0 aliphatic rings. The highest BCUT2D eigenvalue weighted by Gasteiger charge is 2.06. The molecule has 1 unspecified atom stereocenters. The van der Waals surface area contributed by atoms with Crippen molar-refractivity contribution in [1.29, 1.82) is 0 Å². The van der Waals surface area contributed by atoms with Crippen molar-refractivity contribution < 1.29 is 4.39 Å². The number of benzene rings is 1. The third-order valence-corrected chi connectivity index (χ3v) is 3.22. The molecular formula is C13H15ClFN3. The quantitative estimate of drug-likeness (QED) is 0.923. The molecule has 2 rings (SSSR count). The average molecular weight is 268 g/mol. The Kier molecular flexibility index (Phi) is 3.99. The zero-order valence-electron chi connectivity index (χ0n) is 10.3. The van der Waals surface area contributed by atoms with Gasteiger partial charge in [-0.2, -0.15) is 5.10 Å². The predicted molar refractivity (Wildman–Crippen MR) is 70.2 cm³/mol. The molecule has 0 spiro atoms. The van der Waals surface area contributed by atoms with E-state index in [2.05, 4.69) is 17.3 Å². The van der Waals surface area contributed by atoms with Gasteiger partial charge in [0.05, 0.1) is 17.8 Å². The van der Waals surface area contributed by atoms with E-state index < -0.39 is 5.82 Å². The first-order valence-corrected chi connectivity index (χ1v) is 6.11. The van der Waals surface area contributed by atoms with Crippen LogP contribution in [0.25, 0.3) is 0 Å². The van der Waals surface area contributed by atoms with E-state index in [1.165, 1.54) is 6.07 Å². The lowest BCUT2D eigenvalue weighted by atomic mass is 10.2. The zero-order chi connectivity index (χ0) is 13.1. The summed E-state index contributed by atoms with van der Waals surface area (Å²) >= 11 is 5.64. The van der Waals surface area contributed by atoms with Gasteiger partial charge in [0.25, 0.3) is 0 Å². The summed E-state index contributed by atoms with van der Waals surface area (Å²) in [6.07, 6.45) is 3.77. The van der Waals surface area contributed by atoms with Crippen molar-refractivity contribution >= 4 is 11.6 Å². The fourth-order valence-corrected chi connectivity index (χ4v) is 1.80. The van der Waals surface area contributed by atoms with E-state index in [0.29, 0.717) is 6.54 Å². The number of halogens is 2. The molecule has 3 nitrogen and oxygen atoms in total. The van der Waals surface area contributed by atoms with Gasteiger partial charge < -0.3 is 5.32 Å². The van der Waals surface area contributed by atoms with Crippen LogP contribution in [-0.2, 0) is 6.54 Å². The van der Waals surface area contributed by atoms with Crippen LogP contribution in [0, 0.1) is 5.82 Å². The summed E-state index contributed by atoms with van der Waals surface area (Å²) in [5.74, 6) is -0.398. The fourth-order valence-electron chi connectivity index (χ4n) is 1.68. The minimum atomic E-state index is -0.398. The van der Waals surface area contributed by atoms with Crippen molar-refractivity contribution in [3.63, 3.8) is 0 Å². The van der Waals surface area contributed by atoms with Crippen LogP contribution in [0.2, 0.25) is 5.02 Å². The standard InChI is InChI=1S/C13H15ClFN3/c1-9(16-2)11-6-17-18(8-11)7-10-3-4-12(14)13(15)5-10/h3-6,8-9,16H,7H2,1-2H3. The molecule has 1 atom stereocenters. The number of nitrogens with zero attached hydrogens (tertiary/aromatic N) is 2. The smallest absolute Gasteiger partial charge is 0.142 e. The Morgan fingerprint density at radius 3 is 2.94 bits per heavy atom. The molecule has 1 aromatic heterocycles. The van der Waals surface area contributed by atoms with E-state index in [4.69, 9.17) is 11.6 Å². The monoisotopic (exact) mass is 267 g/mol. The molecule has 96 valence electrons. The molecule has 0 saturated heterocycles. The van der Waals surface area contributed by atoms with Crippen molar-refractivity contribution in [2.75, 3.05) is 7.05 Å². The third kappa shape index (κ3) is 2.89. The lowest BCUT2D eigenvalue weighted by Gasteiger charge is -2.06. The molecule has 18 heavy (non-hydrogen) atoms. The maximum atomic E-state index is 13.3. The van der Waals surface area contributed by atoms with E-state index in [-0.39, 0.29) is 11.1 Å². The molecule has 0 bridgehead atoms. The van der Waals surface area contributed by atoms with Gasteiger partial charge in [-0.1, -0.05) is 17.7 Å². The average Bonchev–Trinajstić information content (AvgIpc) is 2.81. The first kappa shape index (κ1) is 13.1. The Bertz CT molecular complexity index is 539. The molecule has 5 heteroatoms. The maximum Gasteiger partial charge on any atom is 0.142 e. The van der Waals surface area contributed by atoms with Crippen LogP contribution in [0.5, 0.6) is 0 Å². The van der Waals surface area contributed by atoms with Crippen LogP contribution in [-0.4, -0.2) is 16.8 Å². The van der Waals surface area contributed by atoms with Crippen LogP contribution < -0.4 is 5.32 Å². The van der Waals surface area contributed by atoms with Crippen molar-refractivity contribution in [2.24, 2.45) is 0 Å². The van der Waals surface area contributed by atoms with Crippen molar-refractivity contribution in [3.05, 3.63) is 52.6 Å². The zero-order valence-corrected chi connectivity index (χ0v) is 11.1. The minimum absolute atomic E-state index is 0.142. The number of aromatic nitrogens is 2. The van der Waals surface area contributed by atoms with Crippen LogP contribution in [0.3, 0.4) is 0 Å². The number of rotatable bonds is 4. The van der Waals surface area contributed by atoms with Gasteiger partial charge >= 0.3 is 0 Å². The molecule has 0 amide bonds. The second-order valence-corrected chi connectivity index (χ2v) is 4.64. The van der Waals surface area contributed by atoms with Crippen LogP contribution in [0.15, 0.2) is 30.6 Å². The molecule has 2 aromatic rings. The molecule has 1 heterocycles. The van der Waals surface area contributed by atoms with E-state index in [1.54, 1.807) is 16.8 Å². The van der Waals surface area contributed by atoms with E-state index in [1.807, 2.05) is 19.4 Å². The summed E-state index contributed by atoms with van der Waals surface area (Å²) in [5, 5.41) is 7.54. The Hall–Kier alpha value is -1.39. The fraction of sp³-hybridized carbons (Fsp3) is 0.308. The van der Waals surface area contributed by atoms with Gasteiger partial charge in [0, 0.05) is 17.8 Å². The van der Waals surface area contributed by atoms with Gasteiger partial charge in [-0.3, -0.25) is 4.68 Å². The van der Waals surface area contributed by atoms with Crippen LogP contribution >= 0.6 is 11.6 Å². The largest absolute Gasteiger partial charge is 0.313 e. The minimum Gasteiger partial charge on any atom is -0.313 e. The highest BCUT2D eigenvalue weighted by Crippen LogP contribution is 2.17. The van der Waals surface area contributed by atoms with Crippen LogP contribution in [0.1, 0.15) is 24.1 Å². The Morgan fingerprint density at radius 2 is 2.28 bits per heavy atom. The van der Waals surface area contributed by atoms with Crippen molar-refractivity contribution in [3.8, 4) is 0 Å². The summed E-state index contributed by atoms with van der Waals surface area (Å²) in [6, 6.07) is 5.05. The number of nitrogens with one attached hydrogen (secondary N) is 1. The molecule has 0 radical (unpaired) electrons. The first-order valence-electron chi connectivity index (χ1n) is 5.73. The number of hydrogen-bond donors (Lipinski definition) is 1. The lowest BCUT2D eigenvalue weighted by Crippen LogP contribution is -2.11. The maximum absolute atomic E-state index is 13.3. The first-order chi connectivity index (χ1) is 8.60. The van der Waals surface area contributed by atoms with Gasteiger partial charge in [-0.15, -0.1) is 0 Å². The van der Waals surface area contributed by atoms with Gasteiger partial charge in [-0.25, -0.2) is 4.39 Å². The van der Waals surface area contributed by atoms with Gasteiger partial charge in [0.2, 0.25) is 0 Å². The molecule has 0 fully saturated rings. The highest BCUT2D eigenvalue weighted by atomic mass is 35.5. The molecule has 1 aromatic carbocycles. The Labute approximate surface area is 111 Å². The Morgan fingerprint density at radius 1 is 1.50 bits per heavy atom. The molecular weight excluding hydrogens is 253 g/mol. The summed E-state index contributed by atoms with van der Waals surface area (Å²) in [4.78, 5) is 0. The van der Waals surface area contributed by atoms with E-state index in [9.17, 15) is 4.39 Å². The van der Waals surface area contributed by atoms with Gasteiger partial charge in [0.15, 0.2) is 0 Å². The molecule has 0 aliphatic heterocycles. The Balaban J connectivity index is 2.13. The van der Waals surface area contributed by atoms with Crippen molar-refractivity contribution in [2.45, 2.75) is 19.5 Å². The topological polar surface area (TPSA) is 29.9 Å². The lowest BCUT2D eigenvalue weighted by molar-refractivity contribution is 0.619. The molecule has 1 N–H and O–H groups in total. The summed E-state index contributed by atoms with van der Waals surface area (Å²) < 4.78 is 15.1. The number of hydrogen-bond acceptors (Lipinski definition) is 2. The van der Waals surface area contributed by atoms with Crippen LogP contribution in [0.4, 0.5) is 4.39 Å². The SMILES string of the molecule is CNC(C)c1cnn(Cc2ccc(Cl)c(F)c2)c1. The van der Waals surface area contributed by atoms with Gasteiger partial charge in [-0.05, 0) is 31.7 Å². The second-order valence-electron chi connectivity index (χ2n) is 4.23. The normalized spacial score (nSPS) is 12.7. The van der Waals surface area contributed by atoms with Gasteiger partial charge in [0.1, 0.15) is 5.82 Å². The van der Waals surface area contributed by atoms with E-state index >= 15 is 0 Å². The van der Waals surface area contributed by atoms with Crippen molar-refractivity contribution in [1.82, 2.24) is 15.1 Å².